The molecule has 0 spiro atoms. The number of nitrogens with one attached hydrogen (secondary N) is 2. The molecule has 2 N–H and O–H groups in total. The number of nitrogens with zero attached hydrogens (tertiary/aromatic N) is 5. The zero-order valence-electron chi connectivity index (χ0n) is 14.7. The fourth-order valence-electron chi connectivity index (χ4n) is 3.30. The molecule has 1 saturated heterocycles. The topological polar surface area (TPSA) is 120 Å². The summed E-state index contributed by atoms with van der Waals surface area (Å²) < 4.78 is 5.35. The van der Waals surface area contributed by atoms with Crippen LogP contribution < -0.4 is 5.32 Å². The van der Waals surface area contributed by atoms with Crippen LogP contribution in [0.3, 0.4) is 0 Å². The molecule has 5 rings (SSSR count). The first-order valence-corrected chi connectivity index (χ1v) is 9.34. The van der Waals surface area contributed by atoms with Gasteiger partial charge in [-0.05, 0) is 23.9 Å². The molecule has 4 heterocycles. The maximum Gasteiger partial charge on any atom is 0.325 e. The van der Waals surface area contributed by atoms with E-state index >= 15 is 0 Å². The zero-order valence-corrected chi connectivity index (χ0v) is 15.5. The number of rotatable bonds is 3. The van der Waals surface area contributed by atoms with Crippen molar-refractivity contribution in [2.75, 3.05) is 7.05 Å². The monoisotopic (exact) mass is 397 g/mol. The Morgan fingerprint density at radius 3 is 2.93 bits per heavy atom. The van der Waals surface area contributed by atoms with Crippen molar-refractivity contribution in [1.82, 2.24) is 30.1 Å². The Kier molecular flexibility index (Phi) is 3.83. The lowest BCUT2D eigenvalue weighted by atomic mass is 10.1. The van der Waals surface area contributed by atoms with Gasteiger partial charge in [-0.1, -0.05) is 12.1 Å². The molecule has 0 saturated carbocycles. The predicted molar refractivity (Wildman–Crippen MR) is 100 cm³/mol. The average molecular weight is 397 g/mol. The fourth-order valence-corrected chi connectivity index (χ4v) is 4.24. The number of carbonyl (C=O) groups excluding carboxylic acids is 2. The molecule has 0 bridgehead atoms. The highest BCUT2D eigenvalue weighted by Gasteiger charge is 2.49. The molecule has 1 aromatic carbocycles. The van der Waals surface area contributed by atoms with Gasteiger partial charge in [0.2, 0.25) is 0 Å². The van der Waals surface area contributed by atoms with Gasteiger partial charge in [0.05, 0.1) is 23.8 Å². The second-order valence-corrected chi connectivity index (χ2v) is 7.39. The van der Waals surface area contributed by atoms with Crippen LogP contribution in [0.15, 0.2) is 51.4 Å². The van der Waals surface area contributed by atoms with Crippen LogP contribution in [0.1, 0.15) is 5.76 Å². The van der Waals surface area contributed by atoms with Gasteiger partial charge in [-0.25, -0.2) is 19.8 Å². The van der Waals surface area contributed by atoms with Crippen LogP contribution in [-0.4, -0.2) is 61.1 Å². The van der Waals surface area contributed by atoms with Crippen molar-refractivity contribution < 1.29 is 14.0 Å². The molecule has 2 aliphatic heterocycles. The molecule has 0 aliphatic carbocycles. The Morgan fingerprint density at radius 2 is 2.14 bits per heavy atom. The van der Waals surface area contributed by atoms with Crippen molar-refractivity contribution in [2.24, 2.45) is 4.99 Å². The molecule has 11 heteroatoms. The predicted octanol–water partition coefficient (Wildman–Crippen LogP) is 1.39. The van der Waals surface area contributed by atoms with Gasteiger partial charge in [-0.3, -0.25) is 10.1 Å². The number of hydrogen-bond acceptors (Lipinski definition) is 8. The van der Waals surface area contributed by atoms with E-state index in [0.717, 1.165) is 11.0 Å². The van der Waals surface area contributed by atoms with E-state index in [9.17, 15) is 9.59 Å². The highest BCUT2D eigenvalue weighted by atomic mass is 32.2. The summed E-state index contributed by atoms with van der Waals surface area (Å²) in [4.78, 5) is 44.2. The molecule has 28 heavy (non-hydrogen) atoms. The van der Waals surface area contributed by atoms with Gasteiger partial charge in [0.15, 0.2) is 28.9 Å². The van der Waals surface area contributed by atoms with Crippen LogP contribution >= 0.6 is 11.8 Å². The number of carbonyl (C=O) groups is 2. The van der Waals surface area contributed by atoms with E-state index in [1.165, 1.54) is 23.1 Å². The number of urea groups is 1. The Balaban J connectivity index is 1.50. The van der Waals surface area contributed by atoms with Crippen LogP contribution in [0, 0.1) is 0 Å². The van der Waals surface area contributed by atoms with Gasteiger partial charge in [-0.2, -0.15) is 0 Å². The van der Waals surface area contributed by atoms with Gasteiger partial charge < -0.3 is 19.2 Å². The number of aromatic nitrogens is 3. The van der Waals surface area contributed by atoms with Crippen molar-refractivity contribution in [1.29, 1.82) is 0 Å². The Morgan fingerprint density at radius 1 is 1.29 bits per heavy atom. The third kappa shape index (κ3) is 2.71. The minimum Gasteiger partial charge on any atom is -0.447 e. The summed E-state index contributed by atoms with van der Waals surface area (Å²) in [6.07, 6.45) is 2.31. The third-order valence-corrected chi connectivity index (χ3v) is 5.60. The lowest BCUT2D eigenvalue weighted by Gasteiger charge is -2.35. The number of amidine groups is 1. The van der Waals surface area contributed by atoms with Crippen LogP contribution in [0.5, 0.6) is 0 Å². The highest BCUT2D eigenvalue weighted by Crippen LogP contribution is 2.32. The van der Waals surface area contributed by atoms with Crippen LogP contribution in [-0.2, 0) is 11.3 Å². The maximum atomic E-state index is 12.6. The van der Waals surface area contributed by atoms with Crippen molar-refractivity contribution in [2.45, 2.75) is 23.9 Å². The molecule has 142 valence electrons. The van der Waals surface area contributed by atoms with Crippen LogP contribution in [0.25, 0.3) is 11.0 Å². The molecule has 2 unspecified atom stereocenters. The van der Waals surface area contributed by atoms with E-state index in [-0.39, 0.29) is 0 Å². The van der Waals surface area contributed by atoms with Gasteiger partial charge in [-0.15, -0.1) is 0 Å². The molecule has 0 radical (unpaired) electrons. The second-order valence-electron chi connectivity index (χ2n) is 6.43. The number of hydrogen-bond donors (Lipinski definition) is 2. The number of oxazole rings is 1. The number of benzene rings is 1. The number of aliphatic imine (C=N–C) groups is 1. The van der Waals surface area contributed by atoms with Crippen molar-refractivity contribution >= 4 is 39.9 Å². The SMILES string of the molecule is CN1C(=O)NC(=O)C2C1N=C(Sc1nc3ccccc3[nH]1)N2Cc1cnco1. The number of imide groups is 1. The number of thioether (sulfide) groups is 1. The summed E-state index contributed by atoms with van der Waals surface area (Å²) in [5, 5.41) is 3.59. The normalized spacial score (nSPS) is 21.8. The zero-order chi connectivity index (χ0) is 19.3. The summed E-state index contributed by atoms with van der Waals surface area (Å²) in [7, 11) is 1.62. The first-order valence-electron chi connectivity index (χ1n) is 8.52. The minimum atomic E-state index is -0.653. The molecule has 2 atom stereocenters. The molecule has 2 aromatic heterocycles. The molecule has 3 amide bonds. The van der Waals surface area contributed by atoms with E-state index in [1.807, 2.05) is 24.3 Å². The average Bonchev–Trinajstić information content (AvgIpc) is 3.39. The number of aromatic amines is 1. The van der Waals surface area contributed by atoms with Gasteiger partial charge in [0.25, 0.3) is 5.91 Å². The van der Waals surface area contributed by atoms with E-state index in [4.69, 9.17) is 4.42 Å². The Hall–Kier alpha value is -3.34. The third-order valence-electron chi connectivity index (χ3n) is 4.69. The maximum absolute atomic E-state index is 12.6. The lowest BCUT2D eigenvalue weighted by Crippen LogP contribution is -2.63. The van der Waals surface area contributed by atoms with Gasteiger partial charge in [0, 0.05) is 7.05 Å². The van der Waals surface area contributed by atoms with E-state index in [1.54, 1.807) is 18.1 Å². The molecular weight excluding hydrogens is 382 g/mol. The number of para-hydroxylation sites is 2. The summed E-state index contributed by atoms with van der Waals surface area (Å²) in [6, 6.07) is 6.58. The first kappa shape index (κ1) is 16.8. The Bertz CT molecular complexity index is 1060. The van der Waals surface area contributed by atoms with Crippen molar-refractivity contribution in [3.8, 4) is 0 Å². The summed E-state index contributed by atoms with van der Waals surface area (Å²) >= 11 is 1.31. The second kappa shape index (κ2) is 6.37. The molecular formula is C17H15N7O3S. The molecule has 1 fully saturated rings. The quantitative estimate of drug-likeness (QED) is 0.685. The summed E-state index contributed by atoms with van der Waals surface area (Å²) in [5.74, 6) is 0.197. The summed E-state index contributed by atoms with van der Waals surface area (Å²) in [5.41, 5.74) is 1.75. The molecule has 2 aliphatic rings. The number of imidazole rings is 1. The fraction of sp³-hybridized carbons (Fsp3) is 0.235. The Labute approximate surface area is 163 Å². The number of H-pyrrole nitrogens is 1. The van der Waals surface area contributed by atoms with Crippen LogP contribution in [0.4, 0.5) is 4.79 Å². The van der Waals surface area contributed by atoms with E-state index < -0.39 is 24.1 Å². The van der Waals surface area contributed by atoms with Gasteiger partial charge in [0.1, 0.15) is 5.76 Å². The molecule has 3 aromatic rings. The van der Waals surface area contributed by atoms with Crippen molar-refractivity contribution in [3.05, 3.63) is 42.6 Å². The molecule has 10 nitrogen and oxygen atoms in total. The smallest absolute Gasteiger partial charge is 0.325 e. The lowest BCUT2D eigenvalue weighted by molar-refractivity contribution is -0.127. The van der Waals surface area contributed by atoms with Gasteiger partial charge >= 0.3 is 6.03 Å². The van der Waals surface area contributed by atoms with Crippen molar-refractivity contribution in [3.63, 3.8) is 0 Å². The standard InChI is InChI=1S/C17H15N7O3S/c1-23-13-12(14(25)22-16(23)26)24(7-9-6-18-8-27-9)17(21-13)28-15-19-10-4-2-3-5-11(10)20-15/h2-6,8,12-13H,7H2,1H3,(H,19,20)(H,22,25,26). The minimum absolute atomic E-state index is 0.294. The number of amides is 3. The van der Waals surface area contributed by atoms with Crippen LogP contribution in [0.2, 0.25) is 0 Å². The first-order chi connectivity index (χ1) is 13.6. The highest BCUT2D eigenvalue weighted by molar-refractivity contribution is 8.13. The number of fused-ring (bicyclic) bond motifs is 2. The summed E-state index contributed by atoms with van der Waals surface area (Å²) in [6.45, 7) is 0.294. The largest absolute Gasteiger partial charge is 0.447 e. The van der Waals surface area contributed by atoms with E-state index in [2.05, 4.69) is 25.3 Å². The van der Waals surface area contributed by atoms with E-state index in [0.29, 0.717) is 22.6 Å². The number of likely N-dealkylation sites (N-methyl/N-ethyl adjacent to an activating group) is 1.